The van der Waals surface area contributed by atoms with Crippen molar-refractivity contribution in [3.05, 3.63) is 41.9 Å². The van der Waals surface area contributed by atoms with Crippen molar-refractivity contribution in [3.63, 3.8) is 0 Å². The van der Waals surface area contributed by atoms with Crippen LogP contribution in [0.3, 0.4) is 0 Å². The Morgan fingerprint density at radius 2 is 1.91 bits per heavy atom. The van der Waals surface area contributed by atoms with Crippen molar-refractivity contribution < 1.29 is 9.59 Å². The fraction of sp³-hybridized carbons (Fsp3) is 0.389. The van der Waals surface area contributed by atoms with Crippen LogP contribution in [0, 0.1) is 5.92 Å². The summed E-state index contributed by atoms with van der Waals surface area (Å²) in [4.78, 5) is 26.9. The summed E-state index contributed by atoms with van der Waals surface area (Å²) in [6.45, 7) is 3.58. The molecule has 2 rings (SSSR count). The van der Waals surface area contributed by atoms with Gasteiger partial charge in [-0.05, 0) is 17.9 Å². The van der Waals surface area contributed by atoms with Crippen LogP contribution >= 0.6 is 0 Å². The van der Waals surface area contributed by atoms with Crippen LogP contribution in [0.2, 0.25) is 0 Å². The molecule has 1 atom stereocenters. The lowest BCUT2D eigenvalue weighted by molar-refractivity contribution is -0.118. The molecule has 2 aromatic rings. The topological polar surface area (TPSA) is 78.0 Å². The Labute approximate surface area is 136 Å². The van der Waals surface area contributed by atoms with Gasteiger partial charge in [0.1, 0.15) is 0 Å². The van der Waals surface area contributed by atoms with Gasteiger partial charge in [0.2, 0.25) is 5.91 Å². The van der Waals surface area contributed by atoms with Crippen LogP contribution in [0.25, 0.3) is 11.3 Å². The molecule has 1 aromatic carbocycles. The van der Waals surface area contributed by atoms with Crippen LogP contribution in [0.5, 0.6) is 0 Å². The van der Waals surface area contributed by atoms with Crippen LogP contribution in [-0.2, 0) is 18.3 Å². The highest BCUT2D eigenvalue weighted by Gasteiger charge is 2.13. The number of ketones is 1. The summed E-state index contributed by atoms with van der Waals surface area (Å²) in [5.74, 6) is 0.431. The Morgan fingerprint density at radius 1 is 1.26 bits per heavy atom. The Bertz CT molecular complexity index is 702. The first-order chi connectivity index (χ1) is 10.9. The minimum Gasteiger partial charge on any atom is -0.370 e. The first-order valence-electron chi connectivity index (χ1n) is 7.82. The number of carbonyl (C=O) groups is 2. The average Bonchev–Trinajstić information content (AvgIpc) is 2.89. The van der Waals surface area contributed by atoms with Gasteiger partial charge >= 0.3 is 0 Å². The van der Waals surface area contributed by atoms with Gasteiger partial charge in [-0.25, -0.2) is 4.98 Å². The molecule has 23 heavy (non-hydrogen) atoms. The Morgan fingerprint density at radius 3 is 2.39 bits per heavy atom. The molecular formula is C18H23N3O2. The van der Waals surface area contributed by atoms with Crippen molar-refractivity contribution in [2.75, 3.05) is 0 Å². The Hall–Kier alpha value is -2.43. The third-order valence-corrected chi connectivity index (χ3v) is 4.03. The molecule has 1 aromatic heterocycles. The van der Waals surface area contributed by atoms with E-state index >= 15 is 0 Å². The minimum absolute atomic E-state index is 0.0485. The molecule has 0 unspecified atom stereocenters. The molecule has 122 valence electrons. The highest BCUT2D eigenvalue weighted by atomic mass is 16.1. The van der Waals surface area contributed by atoms with Crippen LogP contribution in [0.1, 0.15) is 42.9 Å². The molecule has 0 saturated carbocycles. The number of aryl methyl sites for hydroxylation is 1. The zero-order valence-corrected chi connectivity index (χ0v) is 13.9. The van der Waals surface area contributed by atoms with E-state index < -0.39 is 0 Å². The first kappa shape index (κ1) is 16.9. The molecule has 1 amide bonds. The number of Topliss-reactive ketones (excluding diaryl/α,β-unsaturated/α-hetero) is 1. The van der Waals surface area contributed by atoms with Crippen LogP contribution in [-0.4, -0.2) is 21.2 Å². The molecule has 0 bridgehead atoms. The number of rotatable bonds is 7. The molecule has 0 spiro atoms. The Kier molecular flexibility index (Phi) is 5.32. The van der Waals surface area contributed by atoms with Gasteiger partial charge in [0, 0.05) is 32.2 Å². The lowest BCUT2D eigenvalue weighted by Gasteiger charge is -2.12. The van der Waals surface area contributed by atoms with E-state index in [1.165, 1.54) is 12.5 Å². The van der Waals surface area contributed by atoms with Crippen molar-refractivity contribution in [1.29, 1.82) is 0 Å². The molecule has 0 radical (unpaired) electrons. The molecule has 5 heteroatoms. The molecule has 0 aliphatic rings. The second kappa shape index (κ2) is 7.22. The molecule has 0 aliphatic carbocycles. The monoisotopic (exact) mass is 313 g/mol. The summed E-state index contributed by atoms with van der Waals surface area (Å²) < 4.78 is 1.74. The number of nitrogens with two attached hydrogens (primary N) is 1. The van der Waals surface area contributed by atoms with E-state index in [1.54, 1.807) is 4.57 Å². The molecule has 2 N–H and O–H groups in total. The third-order valence-electron chi connectivity index (χ3n) is 4.03. The second-order valence-corrected chi connectivity index (χ2v) is 5.96. The molecule has 1 heterocycles. The van der Waals surface area contributed by atoms with Crippen molar-refractivity contribution >= 4 is 11.7 Å². The number of imidazole rings is 1. The van der Waals surface area contributed by atoms with Gasteiger partial charge in [0.25, 0.3) is 0 Å². The van der Waals surface area contributed by atoms with Gasteiger partial charge in [0.05, 0.1) is 5.69 Å². The highest BCUT2D eigenvalue weighted by Crippen LogP contribution is 2.21. The second-order valence-electron chi connectivity index (χ2n) is 5.96. The predicted molar refractivity (Wildman–Crippen MR) is 89.9 cm³/mol. The normalized spacial score (nSPS) is 12.1. The van der Waals surface area contributed by atoms with Crippen molar-refractivity contribution in [2.45, 2.75) is 33.1 Å². The van der Waals surface area contributed by atoms with Crippen molar-refractivity contribution in [2.24, 2.45) is 18.7 Å². The molecular weight excluding hydrogens is 290 g/mol. The first-order valence-corrected chi connectivity index (χ1v) is 7.82. The lowest BCUT2D eigenvalue weighted by Crippen LogP contribution is -2.17. The standard InChI is InChI=1S/C18H23N3O2/c1-4-13(10-17(19)23)9-14-5-7-15(8-6-14)16-11-21(3)18(20-16)12(2)22/h5-8,11,13H,4,9-10H2,1-3H3,(H2,19,23)/t13-/m0/s1. The summed E-state index contributed by atoms with van der Waals surface area (Å²) >= 11 is 0. The van der Waals surface area contributed by atoms with Gasteiger partial charge in [-0.3, -0.25) is 9.59 Å². The van der Waals surface area contributed by atoms with Gasteiger partial charge in [-0.1, -0.05) is 37.6 Å². The zero-order chi connectivity index (χ0) is 17.0. The predicted octanol–water partition coefficient (Wildman–Crippen LogP) is 2.73. The highest BCUT2D eigenvalue weighted by molar-refractivity contribution is 5.91. The molecule has 0 fully saturated rings. The van der Waals surface area contributed by atoms with Crippen molar-refractivity contribution in [1.82, 2.24) is 9.55 Å². The lowest BCUT2D eigenvalue weighted by atomic mass is 9.93. The number of amides is 1. The van der Waals surface area contributed by atoms with E-state index in [0.29, 0.717) is 12.2 Å². The fourth-order valence-corrected chi connectivity index (χ4v) is 2.72. The summed E-state index contributed by atoms with van der Waals surface area (Å²) in [6.07, 6.45) is 4.03. The number of hydrogen-bond donors (Lipinski definition) is 1. The maximum atomic E-state index is 11.5. The van der Waals surface area contributed by atoms with E-state index in [4.69, 9.17) is 5.73 Å². The number of hydrogen-bond acceptors (Lipinski definition) is 3. The summed E-state index contributed by atoms with van der Waals surface area (Å²) in [7, 11) is 1.82. The smallest absolute Gasteiger partial charge is 0.217 e. The van der Waals surface area contributed by atoms with Crippen LogP contribution in [0.4, 0.5) is 0 Å². The van der Waals surface area contributed by atoms with E-state index in [9.17, 15) is 9.59 Å². The minimum atomic E-state index is -0.251. The quantitative estimate of drug-likeness (QED) is 0.798. The SMILES string of the molecule is CC[C@H](CC(N)=O)Cc1ccc(-c2cn(C)c(C(C)=O)n2)cc1. The third kappa shape index (κ3) is 4.28. The van der Waals surface area contributed by atoms with E-state index in [1.807, 2.05) is 37.5 Å². The molecule has 0 aliphatic heterocycles. The number of benzene rings is 1. The Balaban J connectivity index is 2.14. The average molecular weight is 313 g/mol. The summed E-state index contributed by atoms with van der Waals surface area (Å²) in [5.41, 5.74) is 8.22. The maximum Gasteiger partial charge on any atom is 0.217 e. The molecule has 5 nitrogen and oxygen atoms in total. The van der Waals surface area contributed by atoms with E-state index in [2.05, 4.69) is 11.9 Å². The number of aromatic nitrogens is 2. The number of carbonyl (C=O) groups excluding carboxylic acids is 2. The summed E-state index contributed by atoms with van der Waals surface area (Å²) in [6, 6.07) is 8.08. The number of nitrogens with zero attached hydrogens (tertiary/aromatic N) is 2. The van der Waals surface area contributed by atoms with Gasteiger partial charge < -0.3 is 10.3 Å². The van der Waals surface area contributed by atoms with Crippen LogP contribution < -0.4 is 5.73 Å². The van der Waals surface area contributed by atoms with Gasteiger partial charge in [0.15, 0.2) is 11.6 Å². The van der Waals surface area contributed by atoms with Crippen molar-refractivity contribution in [3.8, 4) is 11.3 Å². The number of primary amides is 1. The van der Waals surface area contributed by atoms with E-state index in [-0.39, 0.29) is 17.6 Å². The molecule has 0 saturated heterocycles. The fourth-order valence-electron chi connectivity index (χ4n) is 2.72. The van der Waals surface area contributed by atoms with E-state index in [0.717, 1.165) is 24.1 Å². The van der Waals surface area contributed by atoms with Crippen LogP contribution in [0.15, 0.2) is 30.5 Å². The van der Waals surface area contributed by atoms with Gasteiger partial charge in [-0.15, -0.1) is 0 Å². The zero-order valence-electron chi connectivity index (χ0n) is 13.9. The maximum absolute atomic E-state index is 11.5. The largest absolute Gasteiger partial charge is 0.370 e. The van der Waals surface area contributed by atoms with Gasteiger partial charge in [-0.2, -0.15) is 0 Å². The summed E-state index contributed by atoms with van der Waals surface area (Å²) in [5, 5.41) is 0.